The van der Waals surface area contributed by atoms with Gasteiger partial charge in [-0.3, -0.25) is 0 Å². The summed E-state index contributed by atoms with van der Waals surface area (Å²) in [6.45, 7) is 1.43. The van der Waals surface area contributed by atoms with E-state index in [2.05, 4.69) is 4.74 Å². The Morgan fingerprint density at radius 3 is 2.58 bits per heavy atom. The summed E-state index contributed by atoms with van der Waals surface area (Å²) in [6.07, 6.45) is -5.20. The van der Waals surface area contributed by atoms with Crippen LogP contribution in [0.25, 0.3) is 0 Å². The van der Waals surface area contributed by atoms with Gasteiger partial charge in [0, 0.05) is 0 Å². The third kappa shape index (κ3) is 5.30. The van der Waals surface area contributed by atoms with Crippen LogP contribution < -0.4 is 0 Å². The first-order chi connectivity index (χ1) is 8.83. The van der Waals surface area contributed by atoms with E-state index in [1.807, 2.05) is 0 Å². The number of esters is 1. The summed E-state index contributed by atoms with van der Waals surface area (Å²) in [5, 5.41) is 0. The second-order valence-electron chi connectivity index (χ2n) is 4.05. The summed E-state index contributed by atoms with van der Waals surface area (Å²) in [7, 11) is 1.27. The fraction of sp³-hybridized carbons (Fsp3) is 0.462. The Morgan fingerprint density at radius 2 is 2.00 bits per heavy atom. The molecule has 0 aliphatic heterocycles. The lowest BCUT2D eigenvalue weighted by Crippen LogP contribution is -2.12. The average molecular weight is 276 g/mol. The molecule has 1 aromatic carbocycles. The van der Waals surface area contributed by atoms with E-state index in [1.165, 1.54) is 7.11 Å². The molecule has 0 spiro atoms. The molecule has 0 N–H and O–H groups in total. The Balaban J connectivity index is 2.60. The first-order valence-electron chi connectivity index (χ1n) is 5.66. The van der Waals surface area contributed by atoms with E-state index >= 15 is 0 Å². The van der Waals surface area contributed by atoms with Crippen LogP contribution in [0.4, 0.5) is 13.2 Å². The summed E-state index contributed by atoms with van der Waals surface area (Å²) in [4.78, 5) is 11.3. The quantitative estimate of drug-likeness (QED) is 0.611. The lowest BCUT2D eigenvalue weighted by Gasteiger charge is -2.10. The van der Waals surface area contributed by atoms with Crippen molar-refractivity contribution < 1.29 is 27.4 Å². The molecule has 1 rings (SSSR count). The van der Waals surface area contributed by atoms with Crippen molar-refractivity contribution in [3.05, 3.63) is 34.9 Å². The average Bonchev–Trinajstić information content (AvgIpc) is 2.34. The van der Waals surface area contributed by atoms with Crippen LogP contribution in [0.5, 0.6) is 0 Å². The highest BCUT2D eigenvalue weighted by molar-refractivity contribution is 5.89. The van der Waals surface area contributed by atoms with Crippen molar-refractivity contribution in [3.63, 3.8) is 0 Å². The van der Waals surface area contributed by atoms with Crippen molar-refractivity contribution in [3.8, 4) is 0 Å². The van der Waals surface area contributed by atoms with E-state index in [0.717, 1.165) is 5.56 Å². The monoisotopic (exact) mass is 276 g/mol. The smallest absolute Gasteiger partial charge is 0.391 e. The standard InChI is InChI=1S/C13H15F3O3/c1-9-3-4-10(12(17)18-2)7-11(9)8-19-6-5-13(14,15)16/h3-4,7H,5-6,8H2,1-2H3. The number of alkyl halides is 3. The lowest BCUT2D eigenvalue weighted by atomic mass is 10.1. The minimum atomic E-state index is -4.22. The highest BCUT2D eigenvalue weighted by atomic mass is 19.4. The van der Waals surface area contributed by atoms with Crippen LogP contribution in [0, 0.1) is 6.92 Å². The van der Waals surface area contributed by atoms with Crippen molar-refractivity contribution in [1.82, 2.24) is 0 Å². The maximum atomic E-state index is 11.9. The van der Waals surface area contributed by atoms with Gasteiger partial charge in [-0.2, -0.15) is 13.2 Å². The number of aryl methyl sites for hydroxylation is 1. The molecule has 0 saturated heterocycles. The molecule has 0 aliphatic rings. The Hall–Kier alpha value is -1.56. The summed E-state index contributed by atoms with van der Waals surface area (Å²) in [5.41, 5.74) is 1.87. The molecule has 0 atom stereocenters. The molecule has 0 unspecified atom stereocenters. The highest BCUT2D eigenvalue weighted by Gasteiger charge is 2.26. The molecular weight excluding hydrogens is 261 g/mol. The zero-order chi connectivity index (χ0) is 14.5. The maximum Gasteiger partial charge on any atom is 0.391 e. The lowest BCUT2D eigenvalue weighted by molar-refractivity contribution is -0.146. The van der Waals surface area contributed by atoms with Gasteiger partial charge in [0.15, 0.2) is 0 Å². The number of halogens is 3. The van der Waals surface area contributed by atoms with Crippen LogP contribution in [0.2, 0.25) is 0 Å². The Bertz CT molecular complexity index is 441. The molecule has 19 heavy (non-hydrogen) atoms. The zero-order valence-electron chi connectivity index (χ0n) is 10.7. The molecule has 0 fully saturated rings. The van der Waals surface area contributed by atoms with Crippen molar-refractivity contribution in [2.45, 2.75) is 26.1 Å². The molecule has 106 valence electrons. The summed E-state index contributed by atoms with van der Waals surface area (Å²) in [5.74, 6) is -0.489. The van der Waals surface area contributed by atoms with Crippen LogP contribution in [0.15, 0.2) is 18.2 Å². The topological polar surface area (TPSA) is 35.5 Å². The van der Waals surface area contributed by atoms with Gasteiger partial charge >= 0.3 is 12.1 Å². The van der Waals surface area contributed by atoms with Gasteiger partial charge in [-0.15, -0.1) is 0 Å². The van der Waals surface area contributed by atoms with Gasteiger partial charge in [0.05, 0.1) is 32.3 Å². The van der Waals surface area contributed by atoms with Gasteiger partial charge < -0.3 is 9.47 Å². The molecule has 0 heterocycles. The second-order valence-corrected chi connectivity index (χ2v) is 4.05. The van der Waals surface area contributed by atoms with Crippen molar-refractivity contribution >= 4 is 5.97 Å². The fourth-order valence-electron chi connectivity index (χ4n) is 1.44. The number of methoxy groups -OCH3 is 1. The second kappa shape index (κ2) is 6.56. The van der Waals surface area contributed by atoms with Gasteiger partial charge in [-0.25, -0.2) is 4.79 Å². The number of hydrogen-bond donors (Lipinski definition) is 0. The van der Waals surface area contributed by atoms with Gasteiger partial charge in [0.1, 0.15) is 0 Å². The summed E-state index contributed by atoms with van der Waals surface area (Å²) >= 11 is 0. The number of rotatable bonds is 5. The van der Waals surface area contributed by atoms with E-state index < -0.39 is 25.2 Å². The van der Waals surface area contributed by atoms with Crippen molar-refractivity contribution in [1.29, 1.82) is 0 Å². The normalized spacial score (nSPS) is 11.4. The highest BCUT2D eigenvalue weighted by Crippen LogP contribution is 2.20. The number of carbonyl (C=O) groups excluding carboxylic acids is 1. The summed E-state index contributed by atoms with van der Waals surface area (Å²) < 4.78 is 45.4. The SMILES string of the molecule is COC(=O)c1ccc(C)c(COCCC(F)(F)F)c1. The Morgan fingerprint density at radius 1 is 1.32 bits per heavy atom. The number of carbonyl (C=O) groups is 1. The van der Waals surface area contributed by atoms with Gasteiger partial charge in [-0.1, -0.05) is 6.07 Å². The van der Waals surface area contributed by atoms with E-state index in [4.69, 9.17) is 4.74 Å². The molecule has 6 heteroatoms. The largest absolute Gasteiger partial charge is 0.465 e. The molecule has 1 aromatic rings. The van der Waals surface area contributed by atoms with Gasteiger partial charge in [0.2, 0.25) is 0 Å². The van der Waals surface area contributed by atoms with E-state index in [9.17, 15) is 18.0 Å². The van der Waals surface area contributed by atoms with Crippen molar-refractivity contribution in [2.24, 2.45) is 0 Å². The van der Waals surface area contributed by atoms with E-state index in [-0.39, 0.29) is 6.61 Å². The third-order valence-corrected chi connectivity index (χ3v) is 2.56. The van der Waals surface area contributed by atoms with Crippen LogP contribution in [-0.4, -0.2) is 25.9 Å². The van der Waals surface area contributed by atoms with E-state index in [1.54, 1.807) is 25.1 Å². The van der Waals surface area contributed by atoms with Gasteiger partial charge in [0.25, 0.3) is 0 Å². The summed E-state index contributed by atoms with van der Waals surface area (Å²) in [6, 6.07) is 4.86. The first-order valence-corrected chi connectivity index (χ1v) is 5.66. The minimum Gasteiger partial charge on any atom is -0.465 e. The third-order valence-electron chi connectivity index (χ3n) is 2.56. The number of benzene rings is 1. The predicted octanol–water partition coefficient (Wildman–Crippen LogP) is 3.25. The molecule has 0 amide bonds. The molecule has 0 aromatic heterocycles. The molecule has 0 saturated carbocycles. The van der Waals surface area contributed by atoms with Crippen LogP contribution >= 0.6 is 0 Å². The van der Waals surface area contributed by atoms with Crippen LogP contribution in [0.1, 0.15) is 27.9 Å². The molecule has 0 bridgehead atoms. The van der Waals surface area contributed by atoms with Crippen LogP contribution in [0.3, 0.4) is 0 Å². The van der Waals surface area contributed by atoms with Gasteiger partial charge in [-0.05, 0) is 30.2 Å². The Labute approximate surface area is 109 Å². The number of hydrogen-bond acceptors (Lipinski definition) is 3. The fourth-order valence-corrected chi connectivity index (χ4v) is 1.44. The minimum absolute atomic E-state index is 0.0345. The molecular formula is C13H15F3O3. The molecule has 3 nitrogen and oxygen atoms in total. The first kappa shape index (κ1) is 15.5. The van der Waals surface area contributed by atoms with Crippen molar-refractivity contribution in [2.75, 3.05) is 13.7 Å². The number of ether oxygens (including phenoxy) is 2. The van der Waals surface area contributed by atoms with Crippen LogP contribution in [-0.2, 0) is 16.1 Å². The predicted molar refractivity (Wildman–Crippen MR) is 62.8 cm³/mol. The Kier molecular flexibility index (Phi) is 5.35. The molecule has 0 radical (unpaired) electrons. The maximum absolute atomic E-state index is 11.9. The zero-order valence-corrected chi connectivity index (χ0v) is 10.7. The molecule has 0 aliphatic carbocycles. The van der Waals surface area contributed by atoms with E-state index in [0.29, 0.717) is 11.1 Å².